The Labute approximate surface area is 158 Å². The number of fused-ring (bicyclic) bond motifs is 1. The fourth-order valence-corrected chi connectivity index (χ4v) is 3.63. The number of hydrogen-bond donors (Lipinski definition) is 1. The summed E-state index contributed by atoms with van der Waals surface area (Å²) in [6, 6.07) is 11.9. The van der Waals surface area contributed by atoms with Crippen LogP contribution in [0.5, 0.6) is 0 Å². The molecule has 2 unspecified atom stereocenters. The molecule has 0 saturated carbocycles. The van der Waals surface area contributed by atoms with Gasteiger partial charge in [0.1, 0.15) is 5.82 Å². The monoisotopic (exact) mass is 364 g/mol. The summed E-state index contributed by atoms with van der Waals surface area (Å²) in [7, 11) is 0. The van der Waals surface area contributed by atoms with Gasteiger partial charge >= 0.3 is 0 Å². The average Bonchev–Trinajstić information content (AvgIpc) is 3.32. The molecule has 0 aliphatic carbocycles. The summed E-state index contributed by atoms with van der Waals surface area (Å²) in [6.07, 6.45) is 4.71. The van der Waals surface area contributed by atoms with Gasteiger partial charge in [0.25, 0.3) is 0 Å². The lowest BCUT2D eigenvalue weighted by Crippen LogP contribution is -2.35. The number of carbonyl (C=O) groups excluding carboxylic acids is 1. The van der Waals surface area contributed by atoms with Gasteiger partial charge in [-0.25, -0.2) is 4.68 Å². The largest absolute Gasteiger partial charge is 0.292 e. The van der Waals surface area contributed by atoms with Crippen LogP contribution in [0.2, 0.25) is 0 Å². The first kappa shape index (κ1) is 17.5. The van der Waals surface area contributed by atoms with Gasteiger partial charge in [-0.15, -0.1) is 5.10 Å². The van der Waals surface area contributed by atoms with Crippen LogP contribution < -0.4 is 5.32 Å². The number of hydrogen-bond acceptors (Lipinski definition) is 4. The van der Waals surface area contributed by atoms with Crippen molar-refractivity contribution in [2.24, 2.45) is 0 Å². The molecule has 0 radical (unpaired) electrons. The molecule has 3 aromatic rings. The summed E-state index contributed by atoms with van der Waals surface area (Å²) in [5.74, 6) is 1.40. The molecule has 1 amide bonds. The molecular formula is C20H24N6O. The van der Waals surface area contributed by atoms with Gasteiger partial charge in [-0.05, 0) is 31.9 Å². The third-order valence-corrected chi connectivity index (χ3v) is 5.34. The minimum Gasteiger partial charge on any atom is -0.292 e. The summed E-state index contributed by atoms with van der Waals surface area (Å²) < 4.78 is 3.86. The van der Waals surface area contributed by atoms with Crippen molar-refractivity contribution in [1.82, 2.24) is 24.5 Å². The van der Waals surface area contributed by atoms with Crippen LogP contribution in [0.4, 0.5) is 5.95 Å². The second kappa shape index (κ2) is 6.64. The van der Waals surface area contributed by atoms with Crippen LogP contribution in [0.3, 0.4) is 0 Å². The van der Waals surface area contributed by atoms with E-state index in [1.165, 1.54) is 0 Å². The molecule has 4 rings (SSSR count). The summed E-state index contributed by atoms with van der Waals surface area (Å²) in [6.45, 7) is 6.65. The second-order valence-corrected chi connectivity index (χ2v) is 7.70. The van der Waals surface area contributed by atoms with Gasteiger partial charge in [0.15, 0.2) is 0 Å². The second-order valence-electron chi connectivity index (χ2n) is 7.70. The van der Waals surface area contributed by atoms with Crippen LogP contribution in [-0.4, -0.2) is 30.5 Å². The standard InChI is InChI=1S/C20H24N6O/c1-14-12-16(25-11-7-10-21-25)13-26-17(14)22-19(24-26)23-18(27)20(2,3)15-8-5-4-6-9-15/h4-11,14,16H,12-13H2,1-3H3,(H,23,24,27). The summed E-state index contributed by atoms with van der Waals surface area (Å²) >= 11 is 0. The minimum atomic E-state index is -0.670. The van der Waals surface area contributed by atoms with Crippen molar-refractivity contribution >= 4 is 11.9 Å². The maximum absolute atomic E-state index is 12.9. The fraction of sp³-hybridized carbons (Fsp3) is 0.400. The van der Waals surface area contributed by atoms with E-state index in [1.54, 1.807) is 6.20 Å². The van der Waals surface area contributed by atoms with E-state index in [9.17, 15) is 4.79 Å². The van der Waals surface area contributed by atoms with Gasteiger partial charge in [0, 0.05) is 18.3 Å². The Kier molecular flexibility index (Phi) is 4.30. The van der Waals surface area contributed by atoms with E-state index in [0.29, 0.717) is 12.5 Å². The highest BCUT2D eigenvalue weighted by atomic mass is 16.2. The molecule has 0 bridgehead atoms. The lowest BCUT2D eigenvalue weighted by molar-refractivity contribution is -0.120. The quantitative estimate of drug-likeness (QED) is 0.771. The molecule has 1 aromatic carbocycles. The van der Waals surface area contributed by atoms with Gasteiger partial charge in [0.2, 0.25) is 11.9 Å². The summed E-state index contributed by atoms with van der Waals surface area (Å²) in [5.41, 5.74) is 0.287. The van der Waals surface area contributed by atoms with Gasteiger partial charge in [-0.1, -0.05) is 37.3 Å². The summed E-state index contributed by atoms with van der Waals surface area (Å²) in [5, 5.41) is 11.8. The third kappa shape index (κ3) is 3.25. The van der Waals surface area contributed by atoms with Gasteiger partial charge in [-0.2, -0.15) is 10.1 Å². The molecule has 1 aliphatic heterocycles. The van der Waals surface area contributed by atoms with Crippen molar-refractivity contribution in [3.8, 4) is 0 Å². The van der Waals surface area contributed by atoms with E-state index in [1.807, 2.05) is 65.8 Å². The molecule has 0 fully saturated rings. The molecule has 27 heavy (non-hydrogen) atoms. The lowest BCUT2D eigenvalue weighted by Gasteiger charge is -2.27. The molecule has 0 saturated heterocycles. The third-order valence-electron chi connectivity index (χ3n) is 5.34. The maximum Gasteiger partial charge on any atom is 0.249 e. The predicted octanol–water partition coefficient (Wildman–Crippen LogP) is 3.14. The molecule has 1 aliphatic rings. The minimum absolute atomic E-state index is 0.118. The number of nitrogens with zero attached hydrogens (tertiary/aromatic N) is 5. The molecule has 0 spiro atoms. The van der Waals surface area contributed by atoms with Crippen LogP contribution in [0.25, 0.3) is 0 Å². The number of rotatable bonds is 4. The van der Waals surface area contributed by atoms with Crippen LogP contribution in [0.15, 0.2) is 48.8 Å². The molecule has 140 valence electrons. The van der Waals surface area contributed by atoms with E-state index < -0.39 is 5.41 Å². The molecular weight excluding hydrogens is 340 g/mol. The Bertz CT molecular complexity index is 929. The maximum atomic E-state index is 12.9. The zero-order valence-electron chi connectivity index (χ0n) is 15.8. The first-order valence-electron chi connectivity index (χ1n) is 9.26. The van der Waals surface area contributed by atoms with Crippen LogP contribution >= 0.6 is 0 Å². The van der Waals surface area contributed by atoms with E-state index >= 15 is 0 Å². The smallest absolute Gasteiger partial charge is 0.249 e. The van der Waals surface area contributed by atoms with E-state index in [-0.39, 0.29) is 17.9 Å². The topological polar surface area (TPSA) is 77.6 Å². The van der Waals surface area contributed by atoms with Crippen molar-refractivity contribution < 1.29 is 4.79 Å². The normalized spacial score (nSPS) is 19.5. The van der Waals surface area contributed by atoms with Crippen molar-refractivity contribution in [3.63, 3.8) is 0 Å². The van der Waals surface area contributed by atoms with Crippen LogP contribution in [0, 0.1) is 0 Å². The van der Waals surface area contributed by atoms with Crippen molar-refractivity contribution in [1.29, 1.82) is 0 Å². The number of amides is 1. The van der Waals surface area contributed by atoms with Gasteiger partial charge in [-0.3, -0.25) is 14.8 Å². The molecule has 2 aromatic heterocycles. The Balaban J connectivity index is 1.53. The molecule has 2 atom stereocenters. The SMILES string of the molecule is CC1CC(n2cccn2)Cn2nc(NC(=O)C(C)(C)c3ccccc3)nc21. The summed E-state index contributed by atoms with van der Waals surface area (Å²) in [4.78, 5) is 17.5. The molecule has 3 heterocycles. The van der Waals surface area contributed by atoms with Crippen molar-refractivity contribution in [3.05, 3.63) is 60.2 Å². The van der Waals surface area contributed by atoms with E-state index in [2.05, 4.69) is 27.4 Å². The van der Waals surface area contributed by atoms with Gasteiger partial charge in [0.05, 0.1) is 18.0 Å². The number of aromatic nitrogens is 5. The number of carbonyl (C=O) groups is 1. The molecule has 1 N–H and O–H groups in total. The van der Waals surface area contributed by atoms with Crippen LogP contribution in [-0.2, 0) is 16.8 Å². The average molecular weight is 364 g/mol. The highest BCUT2D eigenvalue weighted by molar-refractivity contribution is 5.97. The number of nitrogens with one attached hydrogen (secondary N) is 1. The zero-order chi connectivity index (χ0) is 19.0. The van der Waals surface area contributed by atoms with Crippen molar-refractivity contribution in [2.45, 2.75) is 51.1 Å². The highest BCUT2D eigenvalue weighted by Crippen LogP contribution is 2.32. The molecule has 7 heteroatoms. The van der Waals surface area contributed by atoms with E-state index in [0.717, 1.165) is 17.8 Å². The fourth-order valence-electron chi connectivity index (χ4n) is 3.63. The lowest BCUT2D eigenvalue weighted by atomic mass is 9.84. The van der Waals surface area contributed by atoms with Crippen molar-refractivity contribution in [2.75, 3.05) is 5.32 Å². The molecule has 7 nitrogen and oxygen atoms in total. The van der Waals surface area contributed by atoms with Gasteiger partial charge < -0.3 is 0 Å². The Hall–Kier alpha value is -2.96. The first-order valence-corrected chi connectivity index (χ1v) is 9.26. The Morgan fingerprint density at radius 1 is 1.22 bits per heavy atom. The zero-order valence-corrected chi connectivity index (χ0v) is 15.8. The predicted molar refractivity (Wildman–Crippen MR) is 102 cm³/mol. The van der Waals surface area contributed by atoms with Crippen LogP contribution in [0.1, 0.15) is 50.5 Å². The number of anilines is 1. The highest BCUT2D eigenvalue weighted by Gasteiger charge is 2.32. The number of benzene rings is 1. The first-order chi connectivity index (χ1) is 12.9. The van der Waals surface area contributed by atoms with E-state index in [4.69, 9.17) is 0 Å². The Morgan fingerprint density at radius 2 is 2.00 bits per heavy atom. The Morgan fingerprint density at radius 3 is 2.70 bits per heavy atom.